The molecule has 0 aliphatic carbocycles. The fourth-order valence-electron chi connectivity index (χ4n) is 2.61. The molecule has 0 amide bonds. The Hall–Kier alpha value is -0.100. The highest BCUT2D eigenvalue weighted by molar-refractivity contribution is 9.11. The summed E-state index contributed by atoms with van der Waals surface area (Å²) in [5, 5.41) is 0. The molecular weight excluding hydrogens is 362 g/mol. The first kappa shape index (κ1) is 12.9. The molecule has 0 aromatic heterocycles. The summed E-state index contributed by atoms with van der Waals surface area (Å²) in [5.74, 6) is -0.292. The Morgan fingerprint density at radius 3 is 2.06 bits per heavy atom. The van der Waals surface area contributed by atoms with Gasteiger partial charge in [0.25, 0.3) is 0 Å². The Morgan fingerprint density at radius 2 is 1.50 bits per heavy atom. The number of nitrogens with zero attached hydrogens (tertiary/aromatic N) is 1. The third-order valence-corrected chi connectivity index (χ3v) is 4.47. The molecule has 2 aliphatic rings. The second-order valence-corrected chi connectivity index (χ2v) is 6.55. The van der Waals surface area contributed by atoms with E-state index in [1.807, 2.05) is 0 Å². The minimum Gasteiger partial charge on any atom is -0.371 e. The summed E-state index contributed by atoms with van der Waals surface area (Å²) in [6, 6.07) is 6.36. The summed E-state index contributed by atoms with van der Waals surface area (Å²) in [5.41, 5.74) is 1.24. The van der Waals surface area contributed by atoms with Crippen LogP contribution < -0.4 is 4.90 Å². The maximum Gasteiger partial charge on any atom is 0.171 e. The topological polar surface area (TPSA) is 21.7 Å². The minimum absolute atomic E-state index is 0.292. The second kappa shape index (κ2) is 5.12. The molecular formula is C13H15Br2NO2. The zero-order valence-electron chi connectivity index (χ0n) is 9.99. The number of hydrogen-bond acceptors (Lipinski definition) is 3. The molecule has 2 aliphatic heterocycles. The van der Waals surface area contributed by atoms with Crippen LogP contribution in [0.3, 0.4) is 0 Å². The van der Waals surface area contributed by atoms with Crippen LogP contribution in [0.1, 0.15) is 12.8 Å². The number of ether oxygens (including phenoxy) is 2. The zero-order chi connectivity index (χ0) is 12.6. The summed E-state index contributed by atoms with van der Waals surface area (Å²) in [4.78, 5) is 2.38. The molecule has 2 saturated heterocycles. The highest BCUT2D eigenvalue weighted by Crippen LogP contribution is 2.34. The molecule has 3 nitrogen and oxygen atoms in total. The van der Waals surface area contributed by atoms with Gasteiger partial charge in [-0.1, -0.05) is 31.9 Å². The molecule has 98 valence electrons. The fraction of sp³-hybridized carbons (Fsp3) is 0.538. The van der Waals surface area contributed by atoms with Crippen molar-refractivity contribution in [2.24, 2.45) is 0 Å². The van der Waals surface area contributed by atoms with E-state index in [1.165, 1.54) is 5.69 Å². The molecule has 2 heterocycles. The molecule has 5 heteroatoms. The standard InChI is InChI=1S/C13H15Br2NO2/c14-10-7-11(15)9-12(8-10)16-3-1-13(2-4-16)17-5-6-18-13/h7-9H,1-6H2. The van der Waals surface area contributed by atoms with Crippen molar-refractivity contribution in [3.8, 4) is 0 Å². The minimum atomic E-state index is -0.292. The number of benzene rings is 1. The van der Waals surface area contributed by atoms with Crippen LogP contribution in [0.4, 0.5) is 5.69 Å². The van der Waals surface area contributed by atoms with Crippen LogP contribution in [0, 0.1) is 0 Å². The van der Waals surface area contributed by atoms with Crippen LogP contribution in [0.2, 0.25) is 0 Å². The average Bonchev–Trinajstić information content (AvgIpc) is 2.77. The van der Waals surface area contributed by atoms with Gasteiger partial charge in [0.15, 0.2) is 5.79 Å². The lowest BCUT2D eigenvalue weighted by Crippen LogP contribution is -2.45. The lowest BCUT2D eigenvalue weighted by atomic mass is 10.0. The maximum atomic E-state index is 5.75. The van der Waals surface area contributed by atoms with Gasteiger partial charge in [-0.05, 0) is 18.2 Å². The average molecular weight is 377 g/mol. The molecule has 0 radical (unpaired) electrons. The molecule has 1 aromatic rings. The summed E-state index contributed by atoms with van der Waals surface area (Å²) >= 11 is 7.07. The van der Waals surface area contributed by atoms with Gasteiger partial charge in [-0.25, -0.2) is 0 Å². The van der Waals surface area contributed by atoms with E-state index < -0.39 is 0 Å². The van der Waals surface area contributed by atoms with E-state index in [9.17, 15) is 0 Å². The lowest BCUT2D eigenvalue weighted by Gasteiger charge is -2.38. The van der Waals surface area contributed by atoms with Gasteiger partial charge in [-0.2, -0.15) is 0 Å². The SMILES string of the molecule is Brc1cc(Br)cc(N2CCC3(CC2)OCCO3)c1. The summed E-state index contributed by atoms with van der Waals surface area (Å²) in [6.07, 6.45) is 1.88. The summed E-state index contributed by atoms with van der Waals surface area (Å²) in [6.45, 7) is 3.43. The molecule has 0 N–H and O–H groups in total. The third-order valence-electron chi connectivity index (χ3n) is 3.55. The van der Waals surface area contributed by atoms with Crippen LogP contribution in [0.25, 0.3) is 0 Å². The van der Waals surface area contributed by atoms with Gasteiger partial charge in [0.1, 0.15) is 0 Å². The normalized spacial score (nSPS) is 22.7. The highest BCUT2D eigenvalue weighted by Gasteiger charge is 2.39. The van der Waals surface area contributed by atoms with Crippen molar-refractivity contribution in [2.45, 2.75) is 18.6 Å². The van der Waals surface area contributed by atoms with E-state index >= 15 is 0 Å². The van der Waals surface area contributed by atoms with E-state index in [0.29, 0.717) is 0 Å². The molecule has 1 aromatic carbocycles. The van der Waals surface area contributed by atoms with Crippen LogP contribution >= 0.6 is 31.9 Å². The van der Waals surface area contributed by atoms with E-state index in [1.54, 1.807) is 0 Å². The quantitative estimate of drug-likeness (QED) is 0.748. The smallest absolute Gasteiger partial charge is 0.171 e. The first-order chi connectivity index (χ1) is 8.67. The first-order valence-electron chi connectivity index (χ1n) is 6.16. The Bertz CT molecular complexity index is 416. The molecule has 0 unspecified atom stereocenters. The highest BCUT2D eigenvalue weighted by atomic mass is 79.9. The zero-order valence-corrected chi connectivity index (χ0v) is 13.2. The molecule has 3 rings (SSSR count). The number of piperidine rings is 1. The van der Waals surface area contributed by atoms with Crippen molar-refractivity contribution in [2.75, 3.05) is 31.2 Å². The monoisotopic (exact) mass is 375 g/mol. The van der Waals surface area contributed by atoms with E-state index in [4.69, 9.17) is 9.47 Å². The third kappa shape index (κ3) is 2.59. The van der Waals surface area contributed by atoms with Crippen molar-refractivity contribution in [1.82, 2.24) is 0 Å². The van der Waals surface area contributed by atoms with Crippen molar-refractivity contribution in [3.63, 3.8) is 0 Å². The molecule has 0 atom stereocenters. The molecule has 0 saturated carbocycles. The maximum absolute atomic E-state index is 5.75. The van der Waals surface area contributed by atoms with Gasteiger partial charge in [0.05, 0.1) is 13.2 Å². The number of rotatable bonds is 1. The Labute approximate surface area is 124 Å². The number of halogens is 2. The first-order valence-corrected chi connectivity index (χ1v) is 7.74. The second-order valence-electron chi connectivity index (χ2n) is 4.72. The molecule has 1 spiro atoms. The van der Waals surface area contributed by atoms with Gasteiger partial charge < -0.3 is 14.4 Å². The van der Waals surface area contributed by atoms with E-state index in [2.05, 4.69) is 55.0 Å². The number of anilines is 1. The van der Waals surface area contributed by atoms with Gasteiger partial charge in [0.2, 0.25) is 0 Å². The van der Waals surface area contributed by atoms with Crippen molar-refractivity contribution < 1.29 is 9.47 Å². The predicted molar refractivity (Wildman–Crippen MR) is 77.9 cm³/mol. The Morgan fingerprint density at radius 1 is 0.944 bits per heavy atom. The summed E-state index contributed by atoms with van der Waals surface area (Å²) < 4.78 is 13.7. The predicted octanol–water partition coefficient (Wildman–Crippen LogP) is 3.55. The Balaban J connectivity index is 1.72. The fourth-order valence-corrected chi connectivity index (χ4v) is 3.88. The van der Waals surface area contributed by atoms with Crippen LogP contribution in [0.5, 0.6) is 0 Å². The van der Waals surface area contributed by atoms with Gasteiger partial charge >= 0.3 is 0 Å². The van der Waals surface area contributed by atoms with Crippen LogP contribution in [-0.2, 0) is 9.47 Å². The Kier molecular flexibility index (Phi) is 3.67. The van der Waals surface area contributed by atoms with Crippen molar-refractivity contribution in [1.29, 1.82) is 0 Å². The van der Waals surface area contributed by atoms with Crippen molar-refractivity contribution in [3.05, 3.63) is 27.1 Å². The van der Waals surface area contributed by atoms with Crippen LogP contribution in [0.15, 0.2) is 27.1 Å². The van der Waals surface area contributed by atoms with Gasteiger partial charge in [-0.3, -0.25) is 0 Å². The van der Waals surface area contributed by atoms with Crippen LogP contribution in [-0.4, -0.2) is 32.1 Å². The largest absolute Gasteiger partial charge is 0.371 e. The summed E-state index contributed by atoms with van der Waals surface area (Å²) in [7, 11) is 0. The molecule has 0 bridgehead atoms. The van der Waals surface area contributed by atoms with Crippen molar-refractivity contribution >= 4 is 37.5 Å². The van der Waals surface area contributed by atoms with Gasteiger partial charge in [-0.15, -0.1) is 0 Å². The number of hydrogen-bond donors (Lipinski definition) is 0. The lowest BCUT2D eigenvalue weighted by molar-refractivity contribution is -0.169. The van der Waals surface area contributed by atoms with E-state index in [-0.39, 0.29) is 5.79 Å². The van der Waals surface area contributed by atoms with E-state index in [0.717, 1.165) is 48.1 Å². The molecule has 18 heavy (non-hydrogen) atoms. The van der Waals surface area contributed by atoms with Gasteiger partial charge in [0, 0.05) is 40.6 Å². The molecule has 2 fully saturated rings.